The van der Waals surface area contributed by atoms with Crippen LogP contribution in [0.4, 0.5) is 4.39 Å². The summed E-state index contributed by atoms with van der Waals surface area (Å²) in [6.45, 7) is 1.70. The fourth-order valence-corrected chi connectivity index (χ4v) is 3.05. The molecule has 0 saturated heterocycles. The first-order valence-corrected chi connectivity index (χ1v) is 7.34. The molecule has 4 heteroatoms. The maximum absolute atomic E-state index is 13.1. The third kappa shape index (κ3) is 4.16. The zero-order valence-electron chi connectivity index (χ0n) is 11.0. The molecule has 0 aromatic heterocycles. The lowest BCUT2D eigenvalue weighted by Gasteiger charge is -2.30. The highest BCUT2D eigenvalue weighted by Gasteiger charge is 2.23. The number of benzene rings is 1. The van der Waals surface area contributed by atoms with Gasteiger partial charge in [0.2, 0.25) is 0 Å². The number of hydrogen-bond acceptors (Lipinski definition) is 2. The topological polar surface area (TPSA) is 32.3 Å². The van der Waals surface area contributed by atoms with Crippen LogP contribution in [0.25, 0.3) is 0 Å². The molecule has 19 heavy (non-hydrogen) atoms. The number of hydrogen-bond donors (Lipinski definition) is 2. The van der Waals surface area contributed by atoms with Gasteiger partial charge in [0.15, 0.2) is 0 Å². The molecule has 0 spiro atoms. The van der Waals surface area contributed by atoms with Gasteiger partial charge in [-0.25, -0.2) is 4.39 Å². The second kappa shape index (κ2) is 7.22. The van der Waals surface area contributed by atoms with E-state index >= 15 is 0 Å². The summed E-state index contributed by atoms with van der Waals surface area (Å²) in [5.41, 5.74) is 0.790. The van der Waals surface area contributed by atoms with E-state index in [1.54, 1.807) is 6.07 Å². The molecule has 0 amide bonds. The zero-order chi connectivity index (χ0) is 13.7. The van der Waals surface area contributed by atoms with Gasteiger partial charge >= 0.3 is 0 Å². The van der Waals surface area contributed by atoms with Crippen molar-refractivity contribution >= 4 is 11.6 Å². The van der Waals surface area contributed by atoms with Crippen molar-refractivity contribution in [3.63, 3.8) is 0 Å². The van der Waals surface area contributed by atoms with Gasteiger partial charge in [-0.2, -0.15) is 0 Å². The van der Waals surface area contributed by atoms with Crippen molar-refractivity contribution in [2.45, 2.75) is 32.2 Å². The number of aliphatic hydroxyl groups excluding tert-OH is 1. The van der Waals surface area contributed by atoms with Crippen molar-refractivity contribution < 1.29 is 9.50 Å². The van der Waals surface area contributed by atoms with Crippen molar-refractivity contribution in [1.29, 1.82) is 0 Å². The van der Waals surface area contributed by atoms with E-state index in [2.05, 4.69) is 5.32 Å². The van der Waals surface area contributed by atoms with E-state index in [9.17, 15) is 9.50 Å². The van der Waals surface area contributed by atoms with E-state index in [1.807, 2.05) is 0 Å². The summed E-state index contributed by atoms with van der Waals surface area (Å²) in [4.78, 5) is 0. The number of aliphatic hydroxyl groups is 1. The Morgan fingerprint density at radius 2 is 2.00 bits per heavy atom. The average Bonchev–Trinajstić information content (AvgIpc) is 2.43. The highest BCUT2D eigenvalue weighted by Crippen LogP contribution is 2.29. The minimum absolute atomic E-state index is 0.257. The van der Waals surface area contributed by atoms with E-state index in [0.717, 1.165) is 24.9 Å². The van der Waals surface area contributed by atoms with Crippen LogP contribution in [-0.2, 0) is 6.54 Å². The highest BCUT2D eigenvalue weighted by molar-refractivity contribution is 6.31. The Morgan fingerprint density at radius 3 is 2.74 bits per heavy atom. The summed E-state index contributed by atoms with van der Waals surface area (Å²) in [6.07, 6.45) is 4.74. The molecule has 2 unspecified atom stereocenters. The molecule has 1 aromatic carbocycles. The minimum atomic E-state index is -0.257. The van der Waals surface area contributed by atoms with Gasteiger partial charge in [0.25, 0.3) is 0 Å². The fraction of sp³-hybridized carbons (Fsp3) is 0.600. The summed E-state index contributed by atoms with van der Waals surface area (Å²) in [5.74, 6) is 0.669. The smallest absolute Gasteiger partial charge is 0.123 e. The first-order chi connectivity index (χ1) is 9.20. The standard InChI is InChI=1S/C15H21ClFNO/c16-15-6-5-14(17)7-13(15)9-18-8-11-3-1-2-4-12(11)10-19/h5-7,11-12,18-19H,1-4,8-10H2. The van der Waals surface area contributed by atoms with E-state index < -0.39 is 0 Å². The molecule has 2 N–H and O–H groups in total. The molecule has 1 aromatic rings. The quantitative estimate of drug-likeness (QED) is 0.869. The maximum atomic E-state index is 13.1. The molecular formula is C15H21ClFNO. The van der Waals surface area contributed by atoms with Crippen LogP contribution in [0.5, 0.6) is 0 Å². The van der Waals surface area contributed by atoms with Gasteiger partial charge in [0.1, 0.15) is 5.82 Å². The summed E-state index contributed by atoms with van der Waals surface area (Å²) < 4.78 is 13.1. The van der Waals surface area contributed by atoms with E-state index in [0.29, 0.717) is 23.4 Å². The molecule has 2 nitrogen and oxygen atoms in total. The van der Waals surface area contributed by atoms with Crippen LogP contribution in [-0.4, -0.2) is 18.3 Å². The molecule has 2 atom stereocenters. The predicted octanol–water partition coefficient (Wildman–Crippen LogP) is 3.37. The van der Waals surface area contributed by atoms with Crippen LogP contribution >= 0.6 is 11.6 Å². The van der Waals surface area contributed by atoms with E-state index in [-0.39, 0.29) is 12.4 Å². The predicted molar refractivity (Wildman–Crippen MR) is 75.7 cm³/mol. The molecule has 0 bridgehead atoms. The minimum Gasteiger partial charge on any atom is -0.396 e. The Labute approximate surface area is 119 Å². The Kier molecular flexibility index (Phi) is 5.61. The first kappa shape index (κ1) is 14.8. The molecule has 1 aliphatic rings. The molecule has 0 radical (unpaired) electrons. The summed E-state index contributed by atoms with van der Waals surface area (Å²) in [6, 6.07) is 4.43. The van der Waals surface area contributed by atoms with Crippen LogP contribution in [0.15, 0.2) is 18.2 Å². The van der Waals surface area contributed by atoms with E-state index in [1.165, 1.54) is 25.0 Å². The van der Waals surface area contributed by atoms with Crippen molar-refractivity contribution in [2.75, 3.05) is 13.2 Å². The van der Waals surface area contributed by atoms with Crippen LogP contribution in [0.1, 0.15) is 31.2 Å². The molecule has 1 saturated carbocycles. The van der Waals surface area contributed by atoms with Gasteiger partial charge < -0.3 is 10.4 Å². The second-order valence-corrected chi connectivity index (χ2v) is 5.76. The Morgan fingerprint density at radius 1 is 1.26 bits per heavy atom. The normalized spacial score (nSPS) is 23.5. The number of nitrogens with one attached hydrogen (secondary N) is 1. The monoisotopic (exact) mass is 285 g/mol. The molecule has 1 fully saturated rings. The molecular weight excluding hydrogens is 265 g/mol. The van der Waals surface area contributed by atoms with E-state index in [4.69, 9.17) is 11.6 Å². The lowest BCUT2D eigenvalue weighted by atomic mass is 9.79. The first-order valence-electron chi connectivity index (χ1n) is 6.96. The summed E-state index contributed by atoms with van der Waals surface area (Å²) in [7, 11) is 0. The molecule has 2 rings (SSSR count). The third-order valence-corrected chi connectivity index (χ3v) is 4.40. The fourth-order valence-electron chi connectivity index (χ4n) is 2.86. The van der Waals surface area contributed by atoms with Gasteiger partial charge in [0.05, 0.1) is 0 Å². The molecule has 0 heterocycles. The lowest BCUT2D eigenvalue weighted by molar-refractivity contribution is 0.133. The van der Waals surface area contributed by atoms with Crippen LogP contribution in [0.2, 0.25) is 5.02 Å². The maximum Gasteiger partial charge on any atom is 0.123 e. The van der Waals surface area contributed by atoms with Crippen LogP contribution < -0.4 is 5.32 Å². The molecule has 106 valence electrons. The van der Waals surface area contributed by atoms with Gasteiger partial charge in [-0.3, -0.25) is 0 Å². The molecule has 0 aliphatic heterocycles. The van der Waals surface area contributed by atoms with Gasteiger partial charge in [-0.05, 0) is 55.0 Å². The van der Waals surface area contributed by atoms with Crippen molar-refractivity contribution in [1.82, 2.24) is 5.32 Å². The second-order valence-electron chi connectivity index (χ2n) is 5.35. The van der Waals surface area contributed by atoms with Crippen molar-refractivity contribution in [3.05, 3.63) is 34.6 Å². The third-order valence-electron chi connectivity index (χ3n) is 4.03. The van der Waals surface area contributed by atoms with Crippen LogP contribution in [0, 0.1) is 17.7 Å². The highest BCUT2D eigenvalue weighted by atomic mass is 35.5. The van der Waals surface area contributed by atoms with Gasteiger partial charge in [0, 0.05) is 18.2 Å². The van der Waals surface area contributed by atoms with Crippen LogP contribution in [0.3, 0.4) is 0 Å². The lowest BCUT2D eigenvalue weighted by Crippen LogP contribution is -2.32. The number of halogens is 2. The van der Waals surface area contributed by atoms with Gasteiger partial charge in [-0.1, -0.05) is 24.4 Å². The zero-order valence-corrected chi connectivity index (χ0v) is 11.8. The SMILES string of the molecule is OCC1CCCCC1CNCc1cc(F)ccc1Cl. The largest absolute Gasteiger partial charge is 0.396 e. The number of rotatable bonds is 5. The molecule has 1 aliphatic carbocycles. The Balaban J connectivity index is 1.83. The van der Waals surface area contributed by atoms with Crippen molar-refractivity contribution in [3.8, 4) is 0 Å². The summed E-state index contributed by atoms with van der Waals surface area (Å²) in [5, 5.41) is 13.3. The summed E-state index contributed by atoms with van der Waals surface area (Å²) >= 11 is 6.03. The average molecular weight is 286 g/mol. The van der Waals surface area contributed by atoms with Crippen molar-refractivity contribution in [2.24, 2.45) is 11.8 Å². The Hall–Kier alpha value is -0.640. The van der Waals surface area contributed by atoms with Gasteiger partial charge in [-0.15, -0.1) is 0 Å². The Bertz CT molecular complexity index is 413.